The van der Waals surface area contributed by atoms with E-state index in [4.69, 9.17) is 15.2 Å². The highest BCUT2D eigenvalue weighted by Gasteiger charge is 2.34. The molecule has 4 nitrogen and oxygen atoms in total. The van der Waals surface area contributed by atoms with Gasteiger partial charge in [-0.2, -0.15) is 0 Å². The Hall–Kier alpha value is -0.160. The van der Waals surface area contributed by atoms with E-state index in [1.165, 1.54) is 0 Å². The second kappa shape index (κ2) is 5.96. The van der Waals surface area contributed by atoms with Gasteiger partial charge in [0, 0.05) is 39.4 Å². The molecule has 0 amide bonds. The highest BCUT2D eigenvalue weighted by atomic mass is 16.5. The van der Waals surface area contributed by atoms with Crippen molar-refractivity contribution in [3.63, 3.8) is 0 Å². The van der Waals surface area contributed by atoms with Gasteiger partial charge in [0.25, 0.3) is 0 Å². The molecule has 2 unspecified atom stereocenters. The molecule has 16 heavy (non-hydrogen) atoms. The summed E-state index contributed by atoms with van der Waals surface area (Å²) in [4.78, 5) is 2.46. The molecule has 1 saturated heterocycles. The Morgan fingerprint density at radius 2 is 2.25 bits per heavy atom. The molecular formula is C12H26N2O2. The van der Waals surface area contributed by atoms with Gasteiger partial charge in [-0.3, -0.25) is 4.90 Å². The first-order valence-corrected chi connectivity index (χ1v) is 6.09. The van der Waals surface area contributed by atoms with Crippen molar-refractivity contribution >= 4 is 0 Å². The Kier molecular flexibility index (Phi) is 5.18. The Morgan fingerprint density at radius 3 is 2.81 bits per heavy atom. The molecule has 0 spiro atoms. The summed E-state index contributed by atoms with van der Waals surface area (Å²) < 4.78 is 11.0. The fourth-order valence-electron chi connectivity index (χ4n) is 2.27. The summed E-state index contributed by atoms with van der Waals surface area (Å²) in [6.07, 6.45) is 1.22. The van der Waals surface area contributed by atoms with E-state index in [-0.39, 0.29) is 11.7 Å². The molecule has 0 radical (unpaired) electrons. The molecule has 0 aromatic carbocycles. The van der Waals surface area contributed by atoms with Crippen molar-refractivity contribution in [1.82, 2.24) is 4.90 Å². The average molecular weight is 230 g/mol. The molecule has 1 aliphatic rings. The maximum atomic E-state index is 5.91. The number of methoxy groups -OCH3 is 1. The molecular weight excluding hydrogens is 204 g/mol. The van der Waals surface area contributed by atoms with Crippen molar-refractivity contribution < 1.29 is 9.47 Å². The van der Waals surface area contributed by atoms with Gasteiger partial charge in [0.15, 0.2) is 0 Å². The van der Waals surface area contributed by atoms with Gasteiger partial charge in [0.1, 0.15) is 0 Å². The minimum absolute atomic E-state index is 0.0936. The molecule has 0 saturated carbocycles. The van der Waals surface area contributed by atoms with Gasteiger partial charge in [-0.1, -0.05) is 0 Å². The molecule has 0 aromatic rings. The smallest absolute Gasteiger partial charge is 0.0831 e. The number of nitrogens with zero attached hydrogens (tertiary/aromatic N) is 1. The quantitative estimate of drug-likeness (QED) is 0.760. The number of hydrogen-bond donors (Lipinski definition) is 1. The number of morpholine rings is 1. The zero-order valence-electron chi connectivity index (χ0n) is 11.0. The highest BCUT2D eigenvalue weighted by Crippen LogP contribution is 2.22. The lowest BCUT2D eigenvalue weighted by atomic mass is 10.0. The SMILES string of the molecule is COCCC(C)N1CC(CN)OC(C)(C)C1. The summed E-state index contributed by atoms with van der Waals surface area (Å²) in [6.45, 7) is 9.81. The predicted molar refractivity (Wildman–Crippen MR) is 65.5 cm³/mol. The van der Waals surface area contributed by atoms with Gasteiger partial charge >= 0.3 is 0 Å². The fraction of sp³-hybridized carbons (Fsp3) is 1.00. The van der Waals surface area contributed by atoms with Crippen LogP contribution in [0.3, 0.4) is 0 Å². The van der Waals surface area contributed by atoms with Crippen LogP contribution in [0.4, 0.5) is 0 Å². The van der Waals surface area contributed by atoms with Crippen LogP contribution in [0.5, 0.6) is 0 Å². The minimum Gasteiger partial charge on any atom is -0.385 e. The lowest BCUT2D eigenvalue weighted by Crippen LogP contribution is -2.57. The van der Waals surface area contributed by atoms with Crippen molar-refractivity contribution in [2.75, 3.05) is 33.4 Å². The van der Waals surface area contributed by atoms with Crippen LogP contribution in [0.15, 0.2) is 0 Å². The van der Waals surface area contributed by atoms with Crippen LogP contribution in [0, 0.1) is 0 Å². The van der Waals surface area contributed by atoms with E-state index in [0.29, 0.717) is 12.6 Å². The van der Waals surface area contributed by atoms with E-state index in [9.17, 15) is 0 Å². The van der Waals surface area contributed by atoms with Crippen LogP contribution in [-0.2, 0) is 9.47 Å². The molecule has 1 fully saturated rings. The Balaban J connectivity index is 2.51. The maximum Gasteiger partial charge on any atom is 0.0831 e. The predicted octanol–water partition coefficient (Wildman–Crippen LogP) is 0.850. The summed E-state index contributed by atoms with van der Waals surface area (Å²) in [6, 6.07) is 0.525. The monoisotopic (exact) mass is 230 g/mol. The largest absolute Gasteiger partial charge is 0.385 e. The summed E-state index contributed by atoms with van der Waals surface area (Å²) in [7, 11) is 1.75. The van der Waals surface area contributed by atoms with Crippen LogP contribution >= 0.6 is 0 Å². The molecule has 1 heterocycles. The van der Waals surface area contributed by atoms with E-state index >= 15 is 0 Å². The molecule has 2 atom stereocenters. The van der Waals surface area contributed by atoms with Crippen LogP contribution in [0.25, 0.3) is 0 Å². The second-order valence-electron chi connectivity index (χ2n) is 5.30. The summed E-state index contributed by atoms with van der Waals surface area (Å²) >= 11 is 0. The molecule has 0 bridgehead atoms. The summed E-state index contributed by atoms with van der Waals surface area (Å²) in [5, 5.41) is 0. The van der Waals surface area contributed by atoms with Gasteiger partial charge in [0.05, 0.1) is 11.7 Å². The third-order valence-corrected chi connectivity index (χ3v) is 3.13. The van der Waals surface area contributed by atoms with Gasteiger partial charge in [-0.25, -0.2) is 0 Å². The molecule has 0 aliphatic carbocycles. The Morgan fingerprint density at radius 1 is 1.56 bits per heavy atom. The molecule has 1 aliphatic heterocycles. The first-order valence-electron chi connectivity index (χ1n) is 6.09. The van der Waals surface area contributed by atoms with Crippen molar-refractivity contribution in [2.45, 2.75) is 44.9 Å². The number of hydrogen-bond acceptors (Lipinski definition) is 4. The van der Waals surface area contributed by atoms with Crippen LogP contribution in [-0.4, -0.2) is 56.0 Å². The van der Waals surface area contributed by atoms with E-state index in [2.05, 4.69) is 25.7 Å². The fourth-order valence-corrected chi connectivity index (χ4v) is 2.27. The zero-order chi connectivity index (χ0) is 12.2. The first-order chi connectivity index (χ1) is 7.48. The number of nitrogens with two attached hydrogens (primary N) is 1. The van der Waals surface area contributed by atoms with Gasteiger partial charge in [0.2, 0.25) is 0 Å². The molecule has 96 valence electrons. The first kappa shape index (κ1) is 13.9. The lowest BCUT2D eigenvalue weighted by molar-refractivity contribution is -0.140. The lowest BCUT2D eigenvalue weighted by Gasteiger charge is -2.45. The van der Waals surface area contributed by atoms with E-state index in [1.54, 1.807) is 7.11 Å². The Bertz CT molecular complexity index is 209. The van der Waals surface area contributed by atoms with Crippen LogP contribution in [0.2, 0.25) is 0 Å². The molecule has 2 N–H and O–H groups in total. The average Bonchev–Trinajstić information content (AvgIpc) is 2.23. The van der Waals surface area contributed by atoms with Crippen molar-refractivity contribution in [1.29, 1.82) is 0 Å². The third kappa shape index (κ3) is 4.01. The normalized spacial score (nSPS) is 27.9. The van der Waals surface area contributed by atoms with Gasteiger partial charge in [-0.15, -0.1) is 0 Å². The number of rotatable bonds is 5. The van der Waals surface area contributed by atoms with Crippen LogP contribution < -0.4 is 5.73 Å². The van der Waals surface area contributed by atoms with Crippen LogP contribution in [0.1, 0.15) is 27.2 Å². The van der Waals surface area contributed by atoms with E-state index in [1.807, 2.05) is 0 Å². The van der Waals surface area contributed by atoms with E-state index < -0.39 is 0 Å². The summed E-state index contributed by atoms with van der Waals surface area (Å²) in [5.74, 6) is 0. The second-order valence-corrected chi connectivity index (χ2v) is 5.30. The minimum atomic E-state index is -0.0936. The van der Waals surface area contributed by atoms with Crippen molar-refractivity contribution in [3.8, 4) is 0 Å². The Labute approximate surface area is 99.1 Å². The maximum absolute atomic E-state index is 5.91. The molecule has 0 aromatic heterocycles. The van der Waals surface area contributed by atoms with Gasteiger partial charge in [-0.05, 0) is 27.2 Å². The topological polar surface area (TPSA) is 47.7 Å². The summed E-state index contributed by atoms with van der Waals surface area (Å²) in [5.41, 5.74) is 5.62. The van der Waals surface area contributed by atoms with Crippen molar-refractivity contribution in [3.05, 3.63) is 0 Å². The molecule has 1 rings (SSSR count). The zero-order valence-corrected chi connectivity index (χ0v) is 11.0. The van der Waals surface area contributed by atoms with Gasteiger partial charge < -0.3 is 15.2 Å². The third-order valence-electron chi connectivity index (χ3n) is 3.13. The standard InChI is InChI=1S/C12H26N2O2/c1-10(5-6-15-4)14-8-11(7-13)16-12(2,3)9-14/h10-11H,5-9,13H2,1-4H3. The van der Waals surface area contributed by atoms with E-state index in [0.717, 1.165) is 26.1 Å². The number of ether oxygens (including phenoxy) is 2. The van der Waals surface area contributed by atoms with Crippen molar-refractivity contribution in [2.24, 2.45) is 5.73 Å². The highest BCUT2D eigenvalue weighted by molar-refractivity contribution is 4.86. The molecule has 4 heteroatoms.